The molecule has 0 saturated carbocycles. The quantitative estimate of drug-likeness (QED) is 0.884. The second-order valence-corrected chi connectivity index (χ2v) is 5.71. The molecule has 1 aromatic carbocycles. The van der Waals surface area contributed by atoms with Gasteiger partial charge in [0.1, 0.15) is 0 Å². The third kappa shape index (κ3) is 4.77. The maximum absolute atomic E-state index is 6.09. The van der Waals surface area contributed by atoms with E-state index in [0.717, 1.165) is 27.4 Å². The molecule has 1 nitrogen and oxygen atoms in total. The van der Waals surface area contributed by atoms with Gasteiger partial charge in [-0.1, -0.05) is 27.5 Å². The van der Waals surface area contributed by atoms with E-state index >= 15 is 0 Å². The van der Waals surface area contributed by atoms with Crippen molar-refractivity contribution in [3.63, 3.8) is 0 Å². The van der Waals surface area contributed by atoms with Gasteiger partial charge in [0, 0.05) is 27.8 Å². The van der Waals surface area contributed by atoms with E-state index in [9.17, 15) is 0 Å². The molecule has 0 aliphatic rings. The second-order valence-electron chi connectivity index (χ2n) is 3.47. The standard InChI is InChI=1S/C11H15BrClNS/c1-8(7-15-2)14-6-9-5-10(12)3-4-11(9)13/h3-5,8,14H,6-7H2,1-2H3. The van der Waals surface area contributed by atoms with Crippen LogP contribution in [0.2, 0.25) is 5.02 Å². The zero-order chi connectivity index (χ0) is 11.3. The van der Waals surface area contributed by atoms with Crippen LogP contribution in [0.5, 0.6) is 0 Å². The number of nitrogens with one attached hydrogen (secondary N) is 1. The Morgan fingerprint density at radius 2 is 2.27 bits per heavy atom. The summed E-state index contributed by atoms with van der Waals surface area (Å²) in [5.41, 5.74) is 1.14. The summed E-state index contributed by atoms with van der Waals surface area (Å²) in [6, 6.07) is 6.44. The Hall–Kier alpha value is 0.300. The summed E-state index contributed by atoms with van der Waals surface area (Å²) in [5, 5.41) is 4.26. The molecule has 0 radical (unpaired) electrons. The number of hydrogen-bond donors (Lipinski definition) is 1. The number of benzene rings is 1. The zero-order valence-corrected chi connectivity index (χ0v) is 12.0. The van der Waals surface area contributed by atoms with Gasteiger partial charge in [0.15, 0.2) is 0 Å². The minimum absolute atomic E-state index is 0.509. The van der Waals surface area contributed by atoms with Gasteiger partial charge < -0.3 is 5.32 Å². The molecule has 0 aliphatic heterocycles. The molecular formula is C11H15BrClNS. The Morgan fingerprint density at radius 3 is 2.93 bits per heavy atom. The van der Waals surface area contributed by atoms with Crippen LogP contribution in [0.3, 0.4) is 0 Å². The van der Waals surface area contributed by atoms with Gasteiger partial charge in [-0.05, 0) is 36.9 Å². The topological polar surface area (TPSA) is 12.0 Å². The van der Waals surface area contributed by atoms with E-state index in [4.69, 9.17) is 11.6 Å². The maximum Gasteiger partial charge on any atom is 0.0451 e. The average molecular weight is 309 g/mol. The molecule has 1 atom stereocenters. The van der Waals surface area contributed by atoms with Crippen LogP contribution in [-0.4, -0.2) is 18.1 Å². The summed E-state index contributed by atoms with van der Waals surface area (Å²) in [4.78, 5) is 0. The number of thioether (sulfide) groups is 1. The van der Waals surface area contributed by atoms with Crippen LogP contribution in [-0.2, 0) is 6.54 Å². The molecule has 0 spiro atoms. The van der Waals surface area contributed by atoms with Crippen molar-refractivity contribution in [3.05, 3.63) is 33.3 Å². The van der Waals surface area contributed by atoms with Gasteiger partial charge in [-0.25, -0.2) is 0 Å². The molecule has 0 aliphatic carbocycles. The zero-order valence-electron chi connectivity index (χ0n) is 8.89. The molecule has 1 N–H and O–H groups in total. The lowest BCUT2D eigenvalue weighted by Crippen LogP contribution is -2.27. The van der Waals surface area contributed by atoms with E-state index < -0.39 is 0 Å². The highest BCUT2D eigenvalue weighted by Crippen LogP contribution is 2.20. The van der Waals surface area contributed by atoms with Gasteiger partial charge in [0.2, 0.25) is 0 Å². The summed E-state index contributed by atoms with van der Waals surface area (Å²) in [6.45, 7) is 3.00. The summed E-state index contributed by atoms with van der Waals surface area (Å²) in [6.07, 6.45) is 2.12. The number of rotatable bonds is 5. The van der Waals surface area contributed by atoms with Crippen molar-refractivity contribution in [1.29, 1.82) is 0 Å². The van der Waals surface area contributed by atoms with Crippen LogP contribution in [0.15, 0.2) is 22.7 Å². The Balaban J connectivity index is 2.53. The molecular weight excluding hydrogens is 294 g/mol. The molecule has 0 fully saturated rings. The molecule has 0 amide bonds. The highest BCUT2D eigenvalue weighted by Gasteiger charge is 2.04. The predicted octanol–water partition coefficient (Wildman–Crippen LogP) is 3.94. The minimum Gasteiger partial charge on any atom is -0.309 e. The molecule has 4 heteroatoms. The van der Waals surface area contributed by atoms with Gasteiger partial charge in [-0.3, -0.25) is 0 Å². The van der Waals surface area contributed by atoms with Crippen LogP contribution in [0.4, 0.5) is 0 Å². The molecule has 1 aromatic rings. The Morgan fingerprint density at radius 1 is 1.53 bits per heavy atom. The second kappa shape index (κ2) is 6.79. The van der Waals surface area contributed by atoms with Gasteiger partial charge >= 0.3 is 0 Å². The highest BCUT2D eigenvalue weighted by atomic mass is 79.9. The van der Waals surface area contributed by atoms with Crippen LogP contribution in [0.25, 0.3) is 0 Å². The SMILES string of the molecule is CSCC(C)NCc1cc(Br)ccc1Cl. The van der Waals surface area contributed by atoms with Crippen molar-refractivity contribution in [3.8, 4) is 0 Å². The van der Waals surface area contributed by atoms with Gasteiger partial charge in [-0.2, -0.15) is 11.8 Å². The summed E-state index contributed by atoms with van der Waals surface area (Å²) < 4.78 is 1.07. The lowest BCUT2D eigenvalue weighted by Gasteiger charge is -2.13. The molecule has 84 valence electrons. The predicted molar refractivity (Wildman–Crippen MR) is 73.8 cm³/mol. The van der Waals surface area contributed by atoms with Crippen molar-refractivity contribution in [2.75, 3.05) is 12.0 Å². The summed E-state index contributed by atoms with van der Waals surface area (Å²) >= 11 is 11.4. The fourth-order valence-electron chi connectivity index (χ4n) is 1.27. The van der Waals surface area contributed by atoms with Crippen molar-refractivity contribution in [1.82, 2.24) is 5.32 Å². The molecule has 0 saturated heterocycles. The Kier molecular flexibility index (Phi) is 6.05. The third-order valence-corrected chi connectivity index (χ3v) is 3.76. The van der Waals surface area contributed by atoms with E-state index in [1.165, 1.54) is 0 Å². The van der Waals surface area contributed by atoms with Gasteiger partial charge in [0.25, 0.3) is 0 Å². The largest absolute Gasteiger partial charge is 0.309 e. The van der Waals surface area contributed by atoms with E-state index in [1.807, 2.05) is 23.9 Å². The van der Waals surface area contributed by atoms with Crippen LogP contribution in [0, 0.1) is 0 Å². The van der Waals surface area contributed by atoms with E-state index in [-0.39, 0.29) is 0 Å². The minimum atomic E-state index is 0.509. The fourth-order valence-corrected chi connectivity index (χ4v) is 2.48. The Labute approximate surface area is 109 Å². The van der Waals surface area contributed by atoms with Crippen LogP contribution >= 0.6 is 39.3 Å². The van der Waals surface area contributed by atoms with E-state index in [1.54, 1.807) is 0 Å². The first kappa shape index (κ1) is 13.4. The van der Waals surface area contributed by atoms with E-state index in [0.29, 0.717) is 6.04 Å². The molecule has 0 heterocycles. The van der Waals surface area contributed by atoms with Crippen molar-refractivity contribution >= 4 is 39.3 Å². The maximum atomic E-state index is 6.09. The normalized spacial score (nSPS) is 12.8. The molecule has 0 bridgehead atoms. The lowest BCUT2D eigenvalue weighted by atomic mass is 10.2. The van der Waals surface area contributed by atoms with Gasteiger partial charge in [0.05, 0.1) is 0 Å². The smallest absolute Gasteiger partial charge is 0.0451 e. The molecule has 1 unspecified atom stereocenters. The first-order chi connectivity index (χ1) is 7.13. The third-order valence-electron chi connectivity index (χ3n) is 2.07. The molecule has 0 aromatic heterocycles. The van der Waals surface area contributed by atoms with Crippen LogP contribution in [0.1, 0.15) is 12.5 Å². The van der Waals surface area contributed by atoms with Crippen molar-refractivity contribution in [2.24, 2.45) is 0 Å². The summed E-state index contributed by atoms with van der Waals surface area (Å²) in [5.74, 6) is 1.12. The lowest BCUT2D eigenvalue weighted by molar-refractivity contribution is 0.596. The monoisotopic (exact) mass is 307 g/mol. The van der Waals surface area contributed by atoms with E-state index in [2.05, 4.69) is 40.5 Å². The van der Waals surface area contributed by atoms with Crippen molar-refractivity contribution < 1.29 is 0 Å². The first-order valence-electron chi connectivity index (χ1n) is 4.79. The average Bonchev–Trinajstić information content (AvgIpc) is 2.20. The van der Waals surface area contributed by atoms with Crippen molar-refractivity contribution in [2.45, 2.75) is 19.5 Å². The number of halogens is 2. The Bertz CT molecular complexity index is 319. The first-order valence-corrected chi connectivity index (χ1v) is 7.36. The summed E-state index contributed by atoms with van der Waals surface area (Å²) in [7, 11) is 0. The van der Waals surface area contributed by atoms with Gasteiger partial charge in [-0.15, -0.1) is 0 Å². The van der Waals surface area contributed by atoms with Crippen LogP contribution < -0.4 is 5.32 Å². The number of hydrogen-bond acceptors (Lipinski definition) is 2. The molecule has 1 rings (SSSR count). The highest BCUT2D eigenvalue weighted by molar-refractivity contribution is 9.10. The molecule has 15 heavy (non-hydrogen) atoms. The fraction of sp³-hybridized carbons (Fsp3) is 0.455.